The Bertz CT molecular complexity index is 836. The summed E-state index contributed by atoms with van der Waals surface area (Å²) < 4.78 is 20.9. The van der Waals surface area contributed by atoms with Crippen LogP contribution in [0.3, 0.4) is 0 Å². The molecule has 1 N–H and O–H groups in total. The molecular formula is C16H15FN2OS. The lowest BCUT2D eigenvalue weighted by atomic mass is 10.1. The van der Waals surface area contributed by atoms with E-state index in [1.54, 1.807) is 19.2 Å². The Hall–Kier alpha value is -2.14. The zero-order valence-electron chi connectivity index (χ0n) is 11.8. The molecule has 0 aliphatic heterocycles. The molecule has 0 spiro atoms. The Balaban J connectivity index is 2.13. The van der Waals surface area contributed by atoms with E-state index in [1.807, 2.05) is 29.7 Å². The van der Waals surface area contributed by atoms with Gasteiger partial charge in [0, 0.05) is 6.07 Å². The van der Waals surface area contributed by atoms with E-state index in [0.717, 1.165) is 22.3 Å². The van der Waals surface area contributed by atoms with Crippen molar-refractivity contribution < 1.29 is 9.13 Å². The van der Waals surface area contributed by atoms with E-state index in [0.29, 0.717) is 4.77 Å². The van der Waals surface area contributed by atoms with Gasteiger partial charge in [0.25, 0.3) is 0 Å². The van der Waals surface area contributed by atoms with Gasteiger partial charge in [-0.2, -0.15) is 0 Å². The first kappa shape index (κ1) is 13.8. The van der Waals surface area contributed by atoms with Gasteiger partial charge in [-0.05, 0) is 49.0 Å². The SMILES string of the molecule is COc1ccc2c(c1)[nH]c(=S)n2C(C)c1ccc(F)cc1. The van der Waals surface area contributed by atoms with Gasteiger partial charge in [0.2, 0.25) is 0 Å². The summed E-state index contributed by atoms with van der Waals surface area (Å²) in [7, 11) is 1.63. The summed E-state index contributed by atoms with van der Waals surface area (Å²) in [6, 6.07) is 12.3. The highest BCUT2D eigenvalue weighted by Crippen LogP contribution is 2.26. The van der Waals surface area contributed by atoms with E-state index in [1.165, 1.54) is 12.1 Å². The lowest BCUT2D eigenvalue weighted by Gasteiger charge is -2.15. The average Bonchev–Trinajstić information content (AvgIpc) is 2.82. The Morgan fingerprint density at radius 1 is 1.19 bits per heavy atom. The fourth-order valence-corrected chi connectivity index (χ4v) is 2.88. The Morgan fingerprint density at radius 2 is 1.90 bits per heavy atom. The second kappa shape index (κ2) is 5.33. The number of hydrogen-bond donors (Lipinski definition) is 1. The van der Waals surface area contributed by atoms with Crippen molar-refractivity contribution in [3.8, 4) is 5.75 Å². The molecule has 21 heavy (non-hydrogen) atoms. The summed E-state index contributed by atoms with van der Waals surface area (Å²) >= 11 is 5.43. The summed E-state index contributed by atoms with van der Waals surface area (Å²) in [5.41, 5.74) is 2.93. The van der Waals surface area contributed by atoms with Crippen LogP contribution in [0.15, 0.2) is 42.5 Å². The highest BCUT2D eigenvalue weighted by atomic mass is 32.1. The summed E-state index contributed by atoms with van der Waals surface area (Å²) in [6.45, 7) is 2.04. The highest BCUT2D eigenvalue weighted by Gasteiger charge is 2.13. The summed E-state index contributed by atoms with van der Waals surface area (Å²) in [6.07, 6.45) is 0. The molecule has 1 atom stereocenters. The lowest BCUT2D eigenvalue weighted by Crippen LogP contribution is -2.06. The van der Waals surface area contributed by atoms with Gasteiger partial charge in [-0.3, -0.25) is 0 Å². The molecule has 0 bridgehead atoms. The third kappa shape index (κ3) is 2.45. The maximum atomic E-state index is 13.1. The largest absolute Gasteiger partial charge is 0.497 e. The topological polar surface area (TPSA) is 29.9 Å². The van der Waals surface area contributed by atoms with Crippen LogP contribution in [-0.2, 0) is 0 Å². The number of methoxy groups -OCH3 is 1. The van der Waals surface area contributed by atoms with Crippen molar-refractivity contribution in [2.75, 3.05) is 7.11 Å². The fourth-order valence-electron chi connectivity index (χ4n) is 2.51. The highest BCUT2D eigenvalue weighted by molar-refractivity contribution is 7.71. The number of H-pyrrole nitrogens is 1. The number of fused-ring (bicyclic) bond motifs is 1. The van der Waals surface area contributed by atoms with E-state index in [-0.39, 0.29) is 11.9 Å². The van der Waals surface area contributed by atoms with Crippen molar-refractivity contribution >= 4 is 23.3 Å². The molecule has 3 aromatic rings. The molecule has 108 valence electrons. The van der Waals surface area contributed by atoms with Crippen LogP contribution in [0, 0.1) is 10.6 Å². The molecule has 0 saturated heterocycles. The monoisotopic (exact) mass is 302 g/mol. The van der Waals surface area contributed by atoms with E-state index in [4.69, 9.17) is 17.0 Å². The van der Waals surface area contributed by atoms with Gasteiger partial charge in [-0.15, -0.1) is 0 Å². The van der Waals surface area contributed by atoms with Crippen molar-refractivity contribution in [3.63, 3.8) is 0 Å². The zero-order chi connectivity index (χ0) is 15.0. The van der Waals surface area contributed by atoms with Gasteiger partial charge in [0.05, 0.1) is 24.2 Å². The molecule has 3 rings (SSSR count). The second-order valence-electron chi connectivity index (χ2n) is 4.91. The van der Waals surface area contributed by atoms with Gasteiger partial charge in [0.15, 0.2) is 4.77 Å². The average molecular weight is 302 g/mol. The molecule has 5 heteroatoms. The summed E-state index contributed by atoms with van der Waals surface area (Å²) in [5, 5.41) is 0. The summed E-state index contributed by atoms with van der Waals surface area (Å²) in [4.78, 5) is 3.19. The molecule has 0 aliphatic carbocycles. The van der Waals surface area contributed by atoms with E-state index >= 15 is 0 Å². The molecule has 0 radical (unpaired) electrons. The number of nitrogens with one attached hydrogen (secondary N) is 1. The van der Waals surface area contributed by atoms with Crippen molar-refractivity contribution in [3.05, 3.63) is 58.6 Å². The number of hydrogen-bond acceptors (Lipinski definition) is 2. The molecule has 0 amide bonds. The minimum Gasteiger partial charge on any atom is -0.497 e. The first-order valence-electron chi connectivity index (χ1n) is 6.64. The van der Waals surface area contributed by atoms with Crippen LogP contribution in [0.25, 0.3) is 11.0 Å². The van der Waals surface area contributed by atoms with Crippen molar-refractivity contribution in [1.82, 2.24) is 9.55 Å². The normalized spacial score (nSPS) is 12.5. The smallest absolute Gasteiger partial charge is 0.178 e. The molecular weight excluding hydrogens is 287 g/mol. The van der Waals surface area contributed by atoms with Gasteiger partial charge in [0.1, 0.15) is 11.6 Å². The van der Waals surface area contributed by atoms with Gasteiger partial charge in [-0.25, -0.2) is 4.39 Å². The number of aromatic amines is 1. The van der Waals surface area contributed by atoms with Crippen LogP contribution in [0.4, 0.5) is 4.39 Å². The lowest BCUT2D eigenvalue weighted by molar-refractivity contribution is 0.415. The summed E-state index contributed by atoms with van der Waals surface area (Å²) in [5.74, 6) is 0.540. The maximum Gasteiger partial charge on any atom is 0.178 e. The number of aromatic nitrogens is 2. The first-order chi connectivity index (χ1) is 10.1. The predicted molar refractivity (Wildman–Crippen MR) is 83.9 cm³/mol. The van der Waals surface area contributed by atoms with Crippen LogP contribution in [0.2, 0.25) is 0 Å². The Morgan fingerprint density at radius 3 is 2.57 bits per heavy atom. The Kier molecular flexibility index (Phi) is 3.51. The molecule has 1 heterocycles. The van der Waals surface area contributed by atoms with E-state index in [9.17, 15) is 4.39 Å². The van der Waals surface area contributed by atoms with Crippen LogP contribution in [0.1, 0.15) is 18.5 Å². The number of benzene rings is 2. The minimum atomic E-state index is -0.238. The van der Waals surface area contributed by atoms with E-state index < -0.39 is 0 Å². The number of imidazole rings is 1. The third-order valence-corrected chi connectivity index (χ3v) is 3.96. The quantitative estimate of drug-likeness (QED) is 0.724. The molecule has 0 aliphatic rings. The van der Waals surface area contributed by atoms with Crippen LogP contribution >= 0.6 is 12.2 Å². The number of rotatable bonds is 3. The molecule has 2 aromatic carbocycles. The molecule has 1 unspecified atom stereocenters. The van der Waals surface area contributed by atoms with Crippen molar-refractivity contribution in [2.24, 2.45) is 0 Å². The van der Waals surface area contributed by atoms with Gasteiger partial charge >= 0.3 is 0 Å². The predicted octanol–water partition coefficient (Wildman–Crippen LogP) is 4.46. The Labute approximate surface area is 127 Å². The van der Waals surface area contributed by atoms with Crippen LogP contribution in [-0.4, -0.2) is 16.7 Å². The molecule has 0 saturated carbocycles. The molecule has 0 fully saturated rings. The van der Waals surface area contributed by atoms with Crippen LogP contribution < -0.4 is 4.74 Å². The number of halogens is 1. The second-order valence-corrected chi connectivity index (χ2v) is 5.30. The number of nitrogens with zero attached hydrogens (tertiary/aromatic N) is 1. The van der Waals surface area contributed by atoms with Crippen molar-refractivity contribution in [1.29, 1.82) is 0 Å². The zero-order valence-corrected chi connectivity index (χ0v) is 12.6. The third-order valence-electron chi connectivity index (χ3n) is 3.66. The fraction of sp³-hybridized carbons (Fsp3) is 0.188. The van der Waals surface area contributed by atoms with E-state index in [2.05, 4.69) is 4.98 Å². The van der Waals surface area contributed by atoms with Gasteiger partial charge < -0.3 is 14.3 Å². The van der Waals surface area contributed by atoms with Crippen LogP contribution in [0.5, 0.6) is 5.75 Å². The molecule has 1 aromatic heterocycles. The first-order valence-corrected chi connectivity index (χ1v) is 7.04. The molecule has 3 nitrogen and oxygen atoms in total. The minimum absolute atomic E-state index is 0.0141. The number of ether oxygens (including phenoxy) is 1. The van der Waals surface area contributed by atoms with Crippen molar-refractivity contribution in [2.45, 2.75) is 13.0 Å². The van der Waals surface area contributed by atoms with Gasteiger partial charge in [-0.1, -0.05) is 12.1 Å². The standard InChI is InChI=1S/C16H15FN2OS/c1-10(11-3-5-12(17)6-4-11)19-15-8-7-13(20-2)9-14(15)18-16(19)21/h3-10H,1-2H3,(H,18,21). The maximum absolute atomic E-state index is 13.1.